The SMILES string of the molecule is COc1ccc(-c2c(-c3ccc(S(=O)(=O)COC(C)=O)cc3)n[nH]c2C(F)(F)F)cc1Cl. The van der Waals surface area contributed by atoms with Gasteiger partial charge in [0.05, 0.1) is 17.0 Å². The monoisotopic (exact) mass is 488 g/mol. The number of alkyl halides is 3. The van der Waals surface area contributed by atoms with Crippen molar-refractivity contribution in [3.05, 3.63) is 53.2 Å². The molecule has 0 amide bonds. The zero-order valence-electron chi connectivity index (χ0n) is 16.7. The van der Waals surface area contributed by atoms with Gasteiger partial charge in [-0.1, -0.05) is 29.8 Å². The van der Waals surface area contributed by atoms with Crippen molar-refractivity contribution in [2.75, 3.05) is 13.0 Å². The summed E-state index contributed by atoms with van der Waals surface area (Å²) < 4.78 is 74.9. The summed E-state index contributed by atoms with van der Waals surface area (Å²) in [5, 5.41) is 5.94. The van der Waals surface area contributed by atoms with Crippen LogP contribution in [0.1, 0.15) is 12.6 Å². The number of aromatic nitrogens is 2. The first-order valence-corrected chi connectivity index (χ1v) is 10.9. The molecule has 1 heterocycles. The van der Waals surface area contributed by atoms with Crippen LogP contribution in [0.3, 0.4) is 0 Å². The molecule has 0 saturated carbocycles. The van der Waals surface area contributed by atoms with Gasteiger partial charge in [0, 0.05) is 18.1 Å². The second kappa shape index (κ2) is 8.83. The van der Waals surface area contributed by atoms with E-state index in [9.17, 15) is 26.4 Å². The fourth-order valence-electron chi connectivity index (χ4n) is 2.91. The van der Waals surface area contributed by atoms with Crippen LogP contribution >= 0.6 is 11.6 Å². The molecule has 0 saturated heterocycles. The molecule has 0 radical (unpaired) electrons. The summed E-state index contributed by atoms with van der Waals surface area (Å²) in [5.41, 5.74) is -1.02. The molecule has 0 aliphatic carbocycles. The average Bonchev–Trinajstić information content (AvgIpc) is 3.18. The third kappa shape index (κ3) is 4.89. The molecule has 12 heteroatoms. The van der Waals surface area contributed by atoms with Crippen molar-refractivity contribution in [3.63, 3.8) is 0 Å². The van der Waals surface area contributed by atoms with Gasteiger partial charge < -0.3 is 9.47 Å². The van der Waals surface area contributed by atoms with Gasteiger partial charge in [-0.2, -0.15) is 18.3 Å². The molecule has 1 aromatic heterocycles. The van der Waals surface area contributed by atoms with Crippen molar-refractivity contribution < 1.29 is 35.9 Å². The lowest BCUT2D eigenvalue weighted by molar-refractivity contribution is -0.141. The summed E-state index contributed by atoms with van der Waals surface area (Å²) in [6.07, 6.45) is -4.74. The highest BCUT2D eigenvalue weighted by Gasteiger charge is 2.38. The fraction of sp³-hybridized carbons (Fsp3) is 0.200. The molecular formula is C20H16ClF3N2O5S. The fourth-order valence-corrected chi connectivity index (χ4v) is 4.17. The highest BCUT2D eigenvalue weighted by molar-refractivity contribution is 7.91. The average molecular weight is 489 g/mol. The Morgan fingerprint density at radius 2 is 1.75 bits per heavy atom. The number of sulfone groups is 1. The maximum atomic E-state index is 13.6. The smallest absolute Gasteiger partial charge is 0.433 e. The van der Waals surface area contributed by atoms with Crippen LogP contribution in [0.2, 0.25) is 5.02 Å². The molecule has 0 fully saturated rings. The Morgan fingerprint density at radius 1 is 1.12 bits per heavy atom. The molecule has 0 bridgehead atoms. The van der Waals surface area contributed by atoms with Crippen molar-refractivity contribution >= 4 is 27.4 Å². The largest absolute Gasteiger partial charge is 0.495 e. The van der Waals surface area contributed by atoms with Gasteiger partial charge in [-0.3, -0.25) is 9.89 Å². The molecule has 1 N–H and O–H groups in total. The highest BCUT2D eigenvalue weighted by Crippen LogP contribution is 2.42. The van der Waals surface area contributed by atoms with E-state index in [-0.39, 0.29) is 38.1 Å². The molecule has 0 atom stereocenters. The molecule has 7 nitrogen and oxygen atoms in total. The van der Waals surface area contributed by atoms with E-state index < -0.39 is 33.6 Å². The Hall–Kier alpha value is -3.05. The number of hydrogen-bond donors (Lipinski definition) is 1. The quantitative estimate of drug-likeness (QED) is 0.504. The van der Waals surface area contributed by atoms with Gasteiger partial charge in [0.15, 0.2) is 5.94 Å². The van der Waals surface area contributed by atoms with Crippen LogP contribution in [0.15, 0.2) is 47.4 Å². The van der Waals surface area contributed by atoms with Gasteiger partial charge >= 0.3 is 12.1 Å². The van der Waals surface area contributed by atoms with Crippen LogP contribution in [0.25, 0.3) is 22.4 Å². The summed E-state index contributed by atoms with van der Waals surface area (Å²) in [5.74, 6) is -1.32. The van der Waals surface area contributed by atoms with Crippen LogP contribution in [-0.4, -0.2) is 37.6 Å². The third-order valence-electron chi connectivity index (χ3n) is 4.39. The Bertz CT molecular complexity index is 1260. The second-order valence-corrected chi connectivity index (χ2v) is 8.91. The number of H-pyrrole nitrogens is 1. The van der Waals surface area contributed by atoms with Gasteiger partial charge in [0.1, 0.15) is 17.1 Å². The molecule has 2 aromatic carbocycles. The first-order chi connectivity index (χ1) is 14.9. The first kappa shape index (κ1) is 23.6. The molecule has 3 rings (SSSR count). The molecule has 3 aromatic rings. The molecule has 0 spiro atoms. The highest BCUT2D eigenvalue weighted by atomic mass is 35.5. The van der Waals surface area contributed by atoms with E-state index in [1.54, 1.807) is 0 Å². The number of hydrogen-bond acceptors (Lipinski definition) is 6. The van der Waals surface area contributed by atoms with E-state index in [2.05, 4.69) is 9.84 Å². The summed E-state index contributed by atoms with van der Waals surface area (Å²) in [7, 11) is -2.55. The summed E-state index contributed by atoms with van der Waals surface area (Å²) in [6.45, 7) is 1.07. The van der Waals surface area contributed by atoms with E-state index in [1.807, 2.05) is 5.10 Å². The number of methoxy groups -OCH3 is 1. The van der Waals surface area contributed by atoms with E-state index in [4.69, 9.17) is 16.3 Å². The summed E-state index contributed by atoms with van der Waals surface area (Å²) in [6, 6.07) is 9.17. The normalized spacial score (nSPS) is 11.9. The number of nitrogens with zero attached hydrogens (tertiary/aromatic N) is 1. The summed E-state index contributed by atoms with van der Waals surface area (Å²) in [4.78, 5) is 10.7. The lowest BCUT2D eigenvalue weighted by atomic mass is 9.98. The Kier molecular flexibility index (Phi) is 6.51. The number of aromatic amines is 1. The minimum atomic E-state index is -4.74. The molecule has 32 heavy (non-hydrogen) atoms. The number of nitrogens with one attached hydrogen (secondary N) is 1. The van der Waals surface area contributed by atoms with Crippen LogP contribution in [0, 0.1) is 0 Å². The van der Waals surface area contributed by atoms with E-state index >= 15 is 0 Å². The summed E-state index contributed by atoms with van der Waals surface area (Å²) >= 11 is 6.09. The van der Waals surface area contributed by atoms with Crippen LogP contribution in [0.5, 0.6) is 5.75 Å². The first-order valence-electron chi connectivity index (χ1n) is 8.90. The van der Waals surface area contributed by atoms with Crippen molar-refractivity contribution in [1.29, 1.82) is 0 Å². The lowest BCUT2D eigenvalue weighted by Gasteiger charge is -2.11. The number of halogens is 4. The number of carbonyl (C=O) groups excluding carboxylic acids is 1. The maximum Gasteiger partial charge on any atom is 0.433 e. The van der Waals surface area contributed by atoms with Crippen molar-refractivity contribution in [2.45, 2.75) is 18.0 Å². The number of carbonyl (C=O) groups is 1. The minimum Gasteiger partial charge on any atom is -0.495 e. The second-order valence-electron chi connectivity index (χ2n) is 6.56. The Balaban J connectivity index is 2.08. The third-order valence-corrected chi connectivity index (χ3v) is 6.11. The number of esters is 1. The molecule has 0 aliphatic heterocycles. The Morgan fingerprint density at radius 3 is 2.28 bits per heavy atom. The number of ether oxygens (including phenoxy) is 2. The predicted molar refractivity (Wildman–Crippen MR) is 110 cm³/mol. The Labute approximate surface area is 186 Å². The molecule has 170 valence electrons. The lowest BCUT2D eigenvalue weighted by Crippen LogP contribution is -2.12. The van der Waals surface area contributed by atoms with Gasteiger partial charge in [-0.15, -0.1) is 0 Å². The van der Waals surface area contributed by atoms with Gasteiger partial charge in [0.25, 0.3) is 0 Å². The van der Waals surface area contributed by atoms with Crippen LogP contribution in [0.4, 0.5) is 13.2 Å². The van der Waals surface area contributed by atoms with E-state index in [0.29, 0.717) is 0 Å². The van der Waals surface area contributed by atoms with Crippen LogP contribution < -0.4 is 4.74 Å². The number of rotatable bonds is 6. The predicted octanol–water partition coefficient (Wildman–Crippen LogP) is 4.72. The van der Waals surface area contributed by atoms with E-state index in [0.717, 1.165) is 6.92 Å². The van der Waals surface area contributed by atoms with Gasteiger partial charge in [-0.25, -0.2) is 8.42 Å². The van der Waals surface area contributed by atoms with Crippen LogP contribution in [-0.2, 0) is 25.5 Å². The van der Waals surface area contributed by atoms with Crippen molar-refractivity contribution in [3.8, 4) is 28.1 Å². The van der Waals surface area contributed by atoms with Gasteiger partial charge in [0.2, 0.25) is 9.84 Å². The standard InChI is InChI=1S/C20H16ClF3N2O5S/c1-11(27)31-10-32(28,29)14-6-3-12(4-7-14)18-17(19(26-25-18)20(22,23)24)13-5-8-16(30-2)15(21)9-13/h3-9H,10H2,1-2H3,(H,25,26). The molecule has 0 aliphatic rings. The number of benzene rings is 2. The zero-order valence-corrected chi connectivity index (χ0v) is 18.2. The van der Waals surface area contributed by atoms with E-state index in [1.165, 1.54) is 49.6 Å². The molecule has 0 unspecified atom stereocenters. The van der Waals surface area contributed by atoms with Crippen molar-refractivity contribution in [1.82, 2.24) is 10.2 Å². The van der Waals surface area contributed by atoms with Gasteiger partial charge in [-0.05, 0) is 29.8 Å². The maximum absolute atomic E-state index is 13.6. The minimum absolute atomic E-state index is 0.0532. The molecular weight excluding hydrogens is 473 g/mol. The zero-order chi connectivity index (χ0) is 23.7. The topological polar surface area (TPSA) is 98.4 Å². The van der Waals surface area contributed by atoms with Crippen molar-refractivity contribution in [2.24, 2.45) is 0 Å².